The van der Waals surface area contributed by atoms with Crippen LogP contribution in [0.4, 0.5) is 11.8 Å². The third kappa shape index (κ3) is 2.39. The lowest BCUT2D eigenvalue weighted by Crippen LogP contribution is -2.27. The monoisotopic (exact) mass is 276 g/mol. The highest BCUT2D eigenvalue weighted by atomic mass is 32.1. The largest absolute Gasteiger partial charge is 0.368 e. The molecule has 3 rings (SSSR count). The van der Waals surface area contributed by atoms with Crippen LogP contribution in [-0.4, -0.2) is 22.6 Å². The molecule has 1 saturated carbocycles. The molecule has 5 heteroatoms. The van der Waals surface area contributed by atoms with E-state index >= 15 is 0 Å². The maximum Gasteiger partial charge on any atom is 0.223 e. The second-order valence-corrected chi connectivity index (χ2v) is 6.23. The number of nitrogen functional groups attached to an aromatic ring is 1. The van der Waals surface area contributed by atoms with Crippen molar-refractivity contribution < 1.29 is 0 Å². The van der Waals surface area contributed by atoms with Crippen LogP contribution >= 0.6 is 11.3 Å². The van der Waals surface area contributed by atoms with Crippen LogP contribution in [0.2, 0.25) is 0 Å². The lowest BCUT2D eigenvalue weighted by molar-refractivity contribution is 0.754. The first kappa shape index (κ1) is 12.7. The van der Waals surface area contributed by atoms with Crippen molar-refractivity contribution in [2.75, 3.05) is 17.2 Å². The van der Waals surface area contributed by atoms with E-state index in [1.54, 1.807) is 11.3 Å². The van der Waals surface area contributed by atoms with Gasteiger partial charge < -0.3 is 10.6 Å². The smallest absolute Gasteiger partial charge is 0.223 e. The van der Waals surface area contributed by atoms with Gasteiger partial charge in [0.15, 0.2) is 0 Å². The van der Waals surface area contributed by atoms with Crippen molar-refractivity contribution in [1.82, 2.24) is 9.97 Å². The number of rotatable bonds is 5. The summed E-state index contributed by atoms with van der Waals surface area (Å²) in [5.74, 6) is 1.44. The van der Waals surface area contributed by atoms with Gasteiger partial charge >= 0.3 is 0 Å². The molecule has 2 aromatic rings. The van der Waals surface area contributed by atoms with Crippen LogP contribution in [0.3, 0.4) is 0 Å². The Hall–Kier alpha value is -1.36. The molecule has 0 saturated heterocycles. The van der Waals surface area contributed by atoms with E-state index in [0.717, 1.165) is 30.0 Å². The summed E-state index contributed by atoms with van der Waals surface area (Å²) in [6.07, 6.45) is 4.72. The molecule has 0 aliphatic heterocycles. The average Bonchev–Trinajstić information content (AvgIpc) is 3.14. The van der Waals surface area contributed by atoms with Crippen LogP contribution in [-0.2, 0) is 6.42 Å². The number of fused-ring (bicyclic) bond motifs is 1. The molecular weight excluding hydrogens is 256 g/mol. The summed E-state index contributed by atoms with van der Waals surface area (Å²) in [4.78, 5) is 13.7. The minimum Gasteiger partial charge on any atom is -0.368 e. The van der Waals surface area contributed by atoms with Gasteiger partial charge in [0.05, 0.1) is 5.39 Å². The summed E-state index contributed by atoms with van der Waals surface area (Å²) < 4.78 is 0. The first-order valence-electron chi connectivity index (χ1n) is 7.05. The molecule has 0 aromatic carbocycles. The Labute approximate surface area is 117 Å². The second-order valence-electron chi connectivity index (χ2n) is 5.12. The fourth-order valence-electron chi connectivity index (χ4n) is 2.45. The van der Waals surface area contributed by atoms with Crippen molar-refractivity contribution in [2.24, 2.45) is 0 Å². The Morgan fingerprint density at radius 3 is 2.79 bits per heavy atom. The molecule has 102 valence electrons. The third-order valence-corrected chi connectivity index (χ3v) is 4.69. The fourth-order valence-corrected chi connectivity index (χ4v) is 3.42. The van der Waals surface area contributed by atoms with Gasteiger partial charge in [0.1, 0.15) is 10.6 Å². The number of thiophene rings is 1. The second kappa shape index (κ2) is 4.96. The summed E-state index contributed by atoms with van der Waals surface area (Å²) in [7, 11) is 0. The Bertz CT molecular complexity index is 588. The van der Waals surface area contributed by atoms with Gasteiger partial charge in [0.2, 0.25) is 5.95 Å². The number of hydrogen-bond donors (Lipinski definition) is 1. The molecule has 2 aromatic heterocycles. The standard InChI is InChI=1S/C14H20N4S/c1-3-7-18(9-5-6-9)12-11-8-10(4-2)19-13(11)17-14(15)16-12/h8-9H,3-7H2,1-2H3,(H2,15,16,17). The summed E-state index contributed by atoms with van der Waals surface area (Å²) >= 11 is 1.74. The molecule has 2 N–H and O–H groups in total. The Balaban J connectivity index is 2.11. The number of hydrogen-bond acceptors (Lipinski definition) is 5. The molecule has 0 atom stereocenters. The van der Waals surface area contributed by atoms with Gasteiger partial charge in [-0.2, -0.15) is 4.98 Å². The molecule has 4 nitrogen and oxygen atoms in total. The van der Waals surface area contributed by atoms with E-state index < -0.39 is 0 Å². The van der Waals surface area contributed by atoms with Crippen LogP contribution in [0, 0.1) is 0 Å². The number of anilines is 2. The van der Waals surface area contributed by atoms with Crippen molar-refractivity contribution in [2.45, 2.75) is 45.6 Å². The van der Waals surface area contributed by atoms with Crippen LogP contribution in [0.25, 0.3) is 10.2 Å². The van der Waals surface area contributed by atoms with E-state index in [4.69, 9.17) is 5.73 Å². The van der Waals surface area contributed by atoms with Gasteiger partial charge in [-0.3, -0.25) is 0 Å². The van der Waals surface area contributed by atoms with Gasteiger partial charge in [-0.1, -0.05) is 13.8 Å². The molecule has 0 bridgehead atoms. The van der Waals surface area contributed by atoms with Crippen LogP contribution in [0.1, 0.15) is 38.0 Å². The van der Waals surface area contributed by atoms with Crippen LogP contribution < -0.4 is 10.6 Å². The molecule has 19 heavy (non-hydrogen) atoms. The molecule has 1 fully saturated rings. The maximum absolute atomic E-state index is 5.89. The molecule has 0 amide bonds. The third-order valence-electron chi connectivity index (χ3n) is 3.51. The molecule has 1 aliphatic rings. The van der Waals surface area contributed by atoms with Crippen molar-refractivity contribution in [3.63, 3.8) is 0 Å². The van der Waals surface area contributed by atoms with E-state index in [2.05, 4.69) is 34.8 Å². The summed E-state index contributed by atoms with van der Waals surface area (Å²) in [5.41, 5.74) is 5.89. The van der Waals surface area contributed by atoms with E-state index in [1.807, 2.05) is 0 Å². The summed E-state index contributed by atoms with van der Waals surface area (Å²) in [5, 5.41) is 1.18. The van der Waals surface area contributed by atoms with E-state index in [1.165, 1.54) is 23.1 Å². The topological polar surface area (TPSA) is 55.0 Å². The zero-order valence-electron chi connectivity index (χ0n) is 11.5. The minimum absolute atomic E-state index is 0.397. The van der Waals surface area contributed by atoms with Gasteiger partial charge in [-0.05, 0) is 31.7 Å². The average molecular weight is 276 g/mol. The normalized spacial score (nSPS) is 15.1. The first-order chi connectivity index (χ1) is 9.22. The highest BCUT2D eigenvalue weighted by Crippen LogP contribution is 2.37. The lowest BCUT2D eigenvalue weighted by Gasteiger charge is -2.23. The van der Waals surface area contributed by atoms with Gasteiger partial charge in [0.25, 0.3) is 0 Å². The van der Waals surface area contributed by atoms with Gasteiger partial charge in [0, 0.05) is 17.5 Å². The van der Waals surface area contributed by atoms with Crippen LogP contribution in [0.15, 0.2) is 6.07 Å². The van der Waals surface area contributed by atoms with Crippen LogP contribution in [0.5, 0.6) is 0 Å². The molecule has 0 unspecified atom stereocenters. The Kier molecular flexibility index (Phi) is 3.31. The number of aromatic nitrogens is 2. The Morgan fingerprint density at radius 1 is 1.37 bits per heavy atom. The predicted octanol–water partition coefficient (Wildman–Crippen LogP) is 3.21. The molecule has 2 heterocycles. The van der Waals surface area contributed by atoms with Gasteiger partial charge in [-0.25, -0.2) is 4.98 Å². The molecule has 1 aliphatic carbocycles. The zero-order valence-corrected chi connectivity index (χ0v) is 12.3. The molecule has 0 radical (unpaired) electrons. The van der Waals surface area contributed by atoms with Crippen molar-refractivity contribution in [3.8, 4) is 0 Å². The maximum atomic E-state index is 5.89. The first-order valence-corrected chi connectivity index (χ1v) is 7.87. The van der Waals surface area contributed by atoms with E-state index in [9.17, 15) is 0 Å². The number of nitrogens with zero attached hydrogens (tertiary/aromatic N) is 3. The van der Waals surface area contributed by atoms with Crippen molar-refractivity contribution in [3.05, 3.63) is 10.9 Å². The molecule has 0 spiro atoms. The van der Waals surface area contributed by atoms with Crippen molar-refractivity contribution >= 4 is 33.3 Å². The zero-order chi connectivity index (χ0) is 13.4. The SMILES string of the molecule is CCCN(c1nc(N)nc2sc(CC)cc12)C1CC1. The highest BCUT2D eigenvalue weighted by Gasteiger charge is 2.31. The number of nitrogens with two attached hydrogens (primary N) is 1. The van der Waals surface area contributed by atoms with E-state index in [0.29, 0.717) is 12.0 Å². The predicted molar refractivity (Wildman–Crippen MR) is 81.9 cm³/mol. The lowest BCUT2D eigenvalue weighted by atomic mass is 10.2. The quantitative estimate of drug-likeness (QED) is 0.911. The van der Waals surface area contributed by atoms with Crippen molar-refractivity contribution in [1.29, 1.82) is 0 Å². The summed E-state index contributed by atoms with van der Waals surface area (Å²) in [6, 6.07) is 2.89. The highest BCUT2D eigenvalue weighted by molar-refractivity contribution is 7.18. The van der Waals surface area contributed by atoms with E-state index in [-0.39, 0.29) is 0 Å². The van der Waals surface area contributed by atoms with Gasteiger partial charge in [-0.15, -0.1) is 11.3 Å². The minimum atomic E-state index is 0.397. The Morgan fingerprint density at radius 2 is 2.16 bits per heavy atom. The molecular formula is C14H20N4S. The summed E-state index contributed by atoms with van der Waals surface area (Å²) in [6.45, 7) is 5.43. The number of aryl methyl sites for hydroxylation is 1. The fraction of sp³-hybridized carbons (Fsp3) is 0.571.